The highest BCUT2D eigenvalue weighted by Crippen LogP contribution is 2.28. The second-order valence-corrected chi connectivity index (χ2v) is 7.58. The van der Waals surface area contributed by atoms with E-state index in [1.165, 1.54) is 17.8 Å². The topological polar surface area (TPSA) is 104 Å². The van der Waals surface area contributed by atoms with E-state index < -0.39 is 0 Å². The van der Waals surface area contributed by atoms with Crippen LogP contribution in [-0.4, -0.2) is 26.7 Å². The van der Waals surface area contributed by atoms with Crippen LogP contribution in [-0.2, 0) is 0 Å². The predicted molar refractivity (Wildman–Crippen MR) is 137 cm³/mol. The fraction of sp³-hybridized carbons (Fsp3) is 0.333. The van der Waals surface area contributed by atoms with Gasteiger partial charge in [0, 0.05) is 17.8 Å². The molecule has 0 atom stereocenters. The molecular weight excluding hydrogens is 404 g/mol. The Morgan fingerprint density at radius 2 is 1.61 bits per heavy atom. The third-order valence-electron chi connectivity index (χ3n) is 3.29. The van der Waals surface area contributed by atoms with Gasteiger partial charge in [0.05, 0.1) is 5.52 Å². The number of anilines is 1. The Hall–Kier alpha value is -2.90. The lowest BCUT2D eigenvalue weighted by Crippen LogP contribution is -1.94. The quantitative estimate of drug-likeness (QED) is 0.472. The number of nitrogens with zero attached hydrogens (tertiary/aromatic N) is 4. The second-order valence-electron chi connectivity index (χ2n) is 6.57. The van der Waals surface area contributed by atoms with Crippen LogP contribution in [0.4, 0.5) is 5.13 Å². The van der Waals surface area contributed by atoms with E-state index in [1.54, 1.807) is 12.2 Å². The van der Waals surface area contributed by atoms with Crippen LogP contribution >= 0.6 is 11.3 Å². The molecule has 0 unspecified atom stereocenters. The van der Waals surface area contributed by atoms with Crippen molar-refractivity contribution < 1.29 is 0 Å². The number of nitrogen functional groups attached to an aromatic ring is 1. The van der Waals surface area contributed by atoms with Crippen molar-refractivity contribution in [3.63, 3.8) is 0 Å². The van der Waals surface area contributed by atoms with Crippen molar-refractivity contribution in [1.29, 1.82) is 0 Å². The van der Waals surface area contributed by atoms with Gasteiger partial charge < -0.3 is 11.5 Å². The van der Waals surface area contributed by atoms with Gasteiger partial charge in [0.2, 0.25) is 5.13 Å². The lowest BCUT2D eigenvalue weighted by Gasteiger charge is -2.08. The Balaban J connectivity index is 0.000000628. The van der Waals surface area contributed by atoms with Crippen LogP contribution in [0.5, 0.6) is 0 Å². The van der Waals surface area contributed by atoms with Gasteiger partial charge in [-0.1, -0.05) is 89.8 Å². The van der Waals surface area contributed by atoms with E-state index in [9.17, 15) is 0 Å². The SMILES string of the molecule is C=C/C=C\C=C.CC(C)c1cncc2ccc(-c3nnc(N)s3)nc12.CCC.CCN. The van der Waals surface area contributed by atoms with Crippen molar-refractivity contribution in [2.75, 3.05) is 12.3 Å². The van der Waals surface area contributed by atoms with Crippen molar-refractivity contribution in [2.24, 2.45) is 5.73 Å². The van der Waals surface area contributed by atoms with E-state index in [2.05, 4.69) is 56.0 Å². The third-order valence-corrected chi connectivity index (χ3v) is 4.07. The first-order chi connectivity index (χ1) is 14.9. The molecule has 0 amide bonds. The molecule has 3 rings (SSSR count). The molecule has 0 spiro atoms. The summed E-state index contributed by atoms with van der Waals surface area (Å²) in [4.78, 5) is 8.95. The maximum Gasteiger partial charge on any atom is 0.203 e. The molecule has 7 heteroatoms. The van der Waals surface area contributed by atoms with E-state index >= 15 is 0 Å². The summed E-state index contributed by atoms with van der Waals surface area (Å²) in [6.07, 6.45) is 12.0. The summed E-state index contributed by atoms with van der Waals surface area (Å²) < 4.78 is 0. The van der Waals surface area contributed by atoms with Crippen LogP contribution in [0.15, 0.2) is 62.0 Å². The molecule has 0 fully saturated rings. The average molecular weight is 441 g/mol. The van der Waals surface area contributed by atoms with E-state index in [0.29, 0.717) is 11.0 Å². The molecule has 3 heterocycles. The standard InChI is InChI=1S/C13H13N5S.C6H8.C3H8.C2H7N/c1-7(2)9-6-15-5-8-3-4-10(16-11(8)9)12-17-18-13(14)19-12;1-3-5-6-4-2;1-3-2;1-2-3/h3-7H,1-2H3,(H2,14,18);3-6H,1-2H2;3H2,1-2H3;2-3H2,1H3/b;6-5-;;. The van der Waals surface area contributed by atoms with Crippen molar-refractivity contribution in [1.82, 2.24) is 20.2 Å². The monoisotopic (exact) mass is 440 g/mol. The molecule has 0 saturated carbocycles. The van der Waals surface area contributed by atoms with Gasteiger partial charge in [0.1, 0.15) is 5.69 Å². The van der Waals surface area contributed by atoms with Gasteiger partial charge >= 0.3 is 0 Å². The average Bonchev–Trinajstić information content (AvgIpc) is 3.19. The molecule has 0 aliphatic carbocycles. The number of rotatable bonds is 4. The number of hydrogen-bond acceptors (Lipinski definition) is 7. The lowest BCUT2D eigenvalue weighted by atomic mass is 10.0. The number of allylic oxidation sites excluding steroid dienone is 4. The molecule has 0 radical (unpaired) electrons. The minimum atomic E-state index is 0.374. The van der Waals surface area contributed by atoms with Crippen LogP contribution in [0, 0.1) is 0 Å². The highest BCUT2D eigenvalue weighted by Gasteiger charge is 2.11. The Labute approximate surface area is 190 Å². The molecule has 0 aliphatic heterocycles. The van der Waals surface area contributed by atoms with E-state index in [4.69, 9.17) is 16.5 Å². The van der Waals surface area contributed by atoms with E-state index in [1.807, 2.05) is 43.6 Å². The Morgan fingerprint density at radius 3 is 2.06 bits per heavy atom. The Kier molecular flexibility index (Phi) is 15.3. The number of pyridine rings is 2. The number of aromatic nitrogens is 4. The third kappa shape index (κ3) is 10.6. The van der Waals surface area contributed by atoms with Gasteiger partial charge in [0.25, 0.3) is 0 Å². The first-order valence-corrected chi connectivity index (χ1v) is 11.2. The van der Waals surface area contributed by atoms with Gasteiger partial charge in [-0.2, -0.15) is 0 Å². The number of fused-ring (bicyclic) bond motifs is 1. The van der Waals surface area contributed by atoms with Crippen LogP contribution < -0.4 is 11.5 Å². The first-order valence-electron chi connectivity index (χ1n) is 10.3. The first kappa shape index (κ1) is 28.1. The van der Waals surface area contributed by atoms with Gasteiger partial charge in [-0.05, 0) is 30.2 Å². The minimum absolute atomic E-state index is 0.374. The molecule has 168 valence electrons. The van der Waals surface area contributed by atoms with Crippen molar-refractivity contribution in [3.05, 3.63) is 67.6 Å². The van der Waals surface area contributed by atoms with Gasteiger partial charge in [-0.3, -0.25) is 4.98 Å². The van der Waals surface area contributed by atoms with Crippen LogP contribution in [0.1, 0.15) is 52.5 Å². The molecule has 4 N–H and O–H groups in total. The smallest absolute Gasteiger partial charge is 0.203 e. The minimum Gasteiger partial charge on any atom is -0.374 e. The molecular formula is C24H36N6S. The van der Waals surface area contributed by atoms with Crippen molar-refractivity contribution in [3.8, 4) is 10.7 Å². The highest BCUT2D eigenvalue weighted by molar-refractivity contribution is 7.18. The fourth-order valence-corrected chi connectivity index (χ4v) is 2.68. The Bertz CT molecular complexity index is 919. The van der Waals surface area contributed by atoms with Gasteiger partial charge in [-0.25, -0.2) is 4.98 Å². The maximum atomic E-state index is 5.61. The highest BCUT2D eigenvalue weighted by atomic mass is 32.1. The number of nitrogens with two attached hydrogens (primary N) is 2. The number of hydrogen-bond donors (Lipinski definition) is 2. The summed E-state index contributed by atoms with van der Waals surface area (Å²) in [5.74, 6) is 0.374. The van der Waals surface area contributed by atoms with Crippen LogP contribution in [0.2, 0.25) is 0 Å². The molecule has 0 saturated heterocycles. The van der Waals surface area contributed by atoms with E-state index in [0.717, 1.165) is 33.7 Å². The zero-order chi connectivity index (χ0) is 23.6. The summed E-state index contributed by atoms with van der Waals surface area (Å²) in [7, 11) is 0. The lowest BCUT2D eigenvalue weighted by molar-refractivity contribution is 0.865. The molecule has 3 aromatic heterocycles. The van der Waals surface area contributed by atoms with E-state index in [-0.39, 0.29) is 0 Å². The fourth-order valence-electron chi connectivity index (χ4n) is 2.10. The Morgan fingerprint density at radius 1 is 1.03 bits per heavy atom. The molecule has 3 aromatic rings. The summed E-state index contributed by atoms with van der Waals surface area (Å²) in [6, 6.07) is 3.93. The summed E-state index contributed by atoms with van der Waals surface area (Å²) in [5, 5.41) is 10.1. The van der Waals surface area contributed by atoms with Gasteiger partial charge in [0.15, 0.2) is 5.01 Å². The van der Waals surface area contributed by atoms with Crippen molar-refractivity contribution >= 4 is 27.4 Å². The zero-order valence-corrected chi connectivity index (χ0v) is 20.2. The van der Waals surface area contributed by atoms with Crippen LogP contribution in [0.25, 0.3) is 21.6 Å². The molecule has 0 bridgehead atoms. The molecule has 6 nitrogen and oxygen atoms in total. The largest absolute Gasteiger partial charge is 0.374 e. The summed E-state index contributed by atoms with van der Waals surface area (Å²) >= 11 is 1.34. The van der Waals surface area contributed by atoms with Gasteiger partial charge in [-0.15, -0.1) is 10.2 Å². The van der Waals surface area contributed by atoms with Crippen LogP contribution in [0.3, 0.4) is 0 Å². The molecule has 0 aromatic carbocycles. The second kappa shape index (κ2) is 16.8. The van der Waals surface area contributed by atoms with Crippen molar-refractivity contribution in [2.45, 2.75) is 47.0 Å². The zero-order valence-electron chi connectivity index (χ0n) is 19.4. The predicted octanol–water partition coefficient (Wildman–Crippen LogP) is 6.15. The summed E-state index contributed by atoms with van der Waals surface area (Å²) in [6.45, 7) is 18.1. The maximum absolute atomic E-state index is 5.61. The summed E-state index contributed by atoms with van der Waals surface area (Å²) in [5.41, 5.74) is 13.4. The normalized spacial score (nSPS) is 9.77. The molecule has 31 heavy (non-hydrogen) atoms. The molecule has 0 aliphatic rings.